The number of hydrogen-bond acceptors (Lipinski definition) is 3. The largest absolute Gasteiger partial charge is 0.337 e. The Hall–Kier alpha value is -1.82. The molecule has 6 heteroatoms. The molecule has 0 bridgehead atoms. The maximum Gasteiger partial charge on any atom is 0.318 e. The van der Waals surface area contributed by atoms with Crippen molar-refractivity contribution in [3.8, 4) is 0 Å². The summed E-state index contributed by atoms with van der Waals surface area (Å²) >= 11 is 1.69. The number of thiophene rings is 1. The van der Waals surface area contributed by atoms with Gasteiger partial charge in [-0.3, -0.25) is 0 Å². The Morgan fingerprint density at radius 2 is 2.36 bits per heavy atom. The number of amides is 2. The molecule has 0 spiro atoms. The lowest BCUT2D eigenvalue weighted by Gasteiger charge is -2.24. The van der Waals surface area contributed by atoms with E-state index in [4.69, 9.17) is 0 Å². The molecule has 2 rings (SSSR count). The van der Waals surface area contributed by atoms with Gasteiger partial charge in [-0.1, -0.05) is 6.92 Å². The number of imidazole rings is 1. The molecule has 1 atom stereocenters. The van der Waals surface area contributed by atoms with E-state index in [2.05, 4.69) is 34.1 Å². The molecule has 2 aromatic rings. The van der Waals surface area contributed by atoms with Gasteiger partial charge in [-0.2, -0.15) is 11.3 Å². The predicted octanol–water partition coefficient (Wildman–Crippen LogP) is 3.03. The molecule has 0 saturated heterocycles. The van der Waals surface area contributed by atoms with Crippen molar-refractivity contribution in [2.45, 2.75) is 39.3 Å². The highest BCUT2D eigenvalue weighted by Gasteiger charge is 2.17. The average Bonchev–Trinajstić information content (AvgIpc) is 3.10. The molecule has 0 aliphatic heterocycles. The minimum atomic E-state index is -0.0208. The van der Waals surface area contributed by atoms with Gasteiger partial charge in [0.2, 0.25) is 0 Å². The van der Waals surface area contributed by atoms with E-state index in [-0.39, 0.29) is 12.1 Å². The Kier molecular flexibility index (Phi) is 6.00. The van der Waals surface area contributed by atoms with E-state index < -0.39 is 0 Å². The van der Waals surface area contributed by atoms with Gasteiger partial charge >= 0.3 is 6.03 Å². The maximum atomic E-state index is 12.5. The zero-order valence-corrected chi connectivity index (χ0v) is 14.3. The van der Waals surface area contributed by atoms with Gasteiger partial charge in [-0.05, 0) is 42.2 Å². The summed E-state index contributed by atoms with van der Waals surface area (Å²) in [5.41, 5.74) is 1.27. The molecule has 0 aliphatic rings. The fourth-order valence-electron chi connectivity index (χ4n) is 2.36. The lowest BCUT2D eigenvalue weighted by atomic mass is 10.1. The lowest BCUT2D eigenvalue weighted by molar-refractivity contribution is 0.189. The molecule has 0 radical (unpaired) electrons. The van der Waals surface area contributed by atoms with Crippen LogP contribution in [0.4, 0.5) is 4.79 Å². The summed E-state index contributed by atoms with van der Waals surface area (Å²) in [7, 11) is 1.95. The molecule has 0 unspecified atom stereocenters. The molecule has 2 heterocycles. The maximum absolute atomic E-state index is 12.5. The third-order valence-corrected chi connectivity index (χ3v) is 4.26. The molecule has 2 amide bonds. The minimum Gasteiger partial charge on any atom is -0.337 e. The van der Waals surface area contributed by atoms with Crippen molar-refractivity contribution in [1.29, 1.82) is 0 Å². The van der Waals surface area contributed by atoms with Crippen molar-refractivity contribution < 1.29 is 4.79 Å². The standard InChI is InChI=1S/C16H24N4OS/c1-4-7-20(11-15-17-6-8-19(15)3)16(21)18-13(2)10-14-5-9-22-12-14/h5-6,8-9,12-13H,4,7,10-11H2,1-3H3,(H,18,21)/t13-/m1/s1. The molecule has 120 valence electrons. The van der Waals surface area contributed by atoms with Gasteiger partial charge in [-0.25, -0.2) is 9.78 Å². The SMILES string of the molecule is CCCN(Cc1nccn1C)C(=O)N[C@H](C)Cc1ccsc1. The lowest BCUT2D eigenvalue weighted by Crippen LogP contribution is -2.44. The summed E-state index contributed by atoms with van der Waals surface area (Å²) in [6.45, 7) is 5.38. The Labute approximate surface area is 136 Å². The van der Waals surface area contributed by atoms with Crippen molar-refractivity contribution in [3.63, 3.8) is 0 Å². The first-order valence-corrected chi connectivity index (χ1v) is 8.57. The predicted molar refractivity (Wildman–Crippen MR) is 89.9 cm³/mol. The van der Waals surface area contributed by atoms with Crippen molar-refractivity contribution in [3.05, 3.63) is 40.6 Å². The fourth-order valence-corrected chi connectivity index (χ4v) is 3.04. The number of carbonyl (C=O) groups excluding carboxylic acids is 1. The summed E-state index contributed by atoms with van der Waals surface area (Å²) in [5, 5.41) is 7.28. The second kappa shape index (κ2) is 7.98. The zero-order valence-electron chi connectivity index (χ0n) is 13.5. The molecule has 0 saturated carbocycles. The Morgan fingerprint density at radius 1 is 1.55 bits per heavy atom. The second-order valence-corrected chi connectivity index (χ2v) is 6.34. The van der Waals surface area contributed by atoms with E-state index in [0.29, 0.717) is 6.54 Å². The van der Waals surface area contributed by atoms with Gasteiger partial charge in [0, 0.05) is 32.0 Å². The van der Waals surface area contributed by atoms with Gasteiger partial charge < -0.3 is 14.8 Å². The van der Waals surface area contributed by atoms with Crippen LogP contribution in [0, 0.1) is 0 Å². The summed E-state index contributed by atoms with van der Waals surface area (Å²) in [6, 6.07) is 2.20. The van der Waals surface area contributed by atoms with Crippen LogP contribution in [0.2, 0.25) is 0 Å². The number of aryl methyl sites for hydroxylation is 1. The summed E-state index contributed by atoms with van der Waals surface area (Å²) in [5.74, 6) is 0.897. The summed E-state index contributed by atoms with van der Waals surface area (Å²) in [6.07, 6.45) is 5.45. The van der Waals surface area contributed by atoms with Gasteiger partial charge in [0.25, 0.3) is 0 Å². The number of carbonyl (C=O) groups is 1. The number of aromatic nitrogens is 2. The highest BCUT2D eigenvalue weighted by molar-refractivity contribution is 7.07. The number of nitrogens with zero attached hydrogens (tertiary/aromatic N) is 3. The third kappa shape index (κ3) is 4.59. The molecular formula is C16H24N4OS. The first-order valence-electron chi connectivity index (χ1n) is 7.62. The normalized spacial score (nSPS) is 12.1. The van der Waals surface area contributed by atoms with Crippen LogP contribution in [0.5, 0.6) is 0 Å². The van der Waals surface area contributed by atoms with E-state index in [1.54, 1.807) is 17.5 Å². The number of urea groups is 1. The van der Waals surface area contributed by atoms with Crippen LogP contribution in [0.3, 0.4) is 0 Å². The molecule has 0 aliphatic carbocycles. The van der Waals surface area contributed by atoms with Crippen LogP contribution < -0.4 is 5.32 Å². The Bertz CT molecular complexity index is 579. The molecular weight excluding hydrogens is 296 g/mol. The van der Waals surface area contributed by atoms with E-state index in [9.17, 15) is 4.79 Å². The molecule has 2 aromatic heterocycles. The van der Waals surface area contributed by atoms with Crippen LogP contribution in [-0.2, 0) is 20.0 Å². The summed E-state index contributed by atoms with van der Waals surface area (Å²) < 4.78 is 1.95. The zero-order chi connectivity index (χ0) is 15.9. The van der Waals surface area contributed by atoms with E-state index in [0.717, 1.165) is 25.2 Å². The average molecular weight is 320 g/mol. The number of rotatable bonds is 7. The van der Waals surface area contributed by atoms with E-state index in [1.165, 1.54) is 5.56 Å². The Balaban J connectivity index is 1.92. The van der Waals surface area contributed by atoms with Crippen LogP contribution in [0.1, 0.15) is 31.7 Å². The van der Waals surface area contributed by atoms with Crippen LogP contribution in [0.15, 0.2) is 29.2 Å². The molecule has 0 fully saturated rings. The summed E-state index contributed by atoms with van der Waals surface area (Å²) in [4.78, 5) is 18.6. The molecule has 22 heavy (non-hydrogen) atoms. The molecule has 1 N–H and O–H groups in total. The van der Waals surface area contributed by atoms with Crippen LogP contribution in [0.25, 0.3) is 0 Å². The Morgan fingerprint density at radius 3 is 2.95 bits per heavy atom. The van der Waals surface area contributed by atoms with Crippen LogP contribution >= 0.6 is 11.3 Å². The molecule has 0 aromatic carbocycles. The third-order valence-electron chi connectivity index (χ3n) is 3.53. The van der Waals surface area contributed by atoms with Gasteiger partial charge in [0.1, 0.15) is 5.82 Å². The number of hydrogen-bond donors (Lipinski definition) is 1. The first-order chi connectivity index (χ1) is 10.6. The monoisotopic (exact) mass is 320 g/mol. The van der Waals surface area contributed by atoms with Crippen molar-refractivity contribution >= 4 is 17.4 Å². The quantitative estimate of drug-likeness (QED) is 0.852. The smallest absolute Gasteiger partial charge is 0.318 e. The van der Waals surface area contributed by atoms with E-state index >= 15 is 0 Å². The molecule has 5 nitrogen and oxygen atoms in total. The fraction of sp³-hybridized carbons (Fsp3) is 0.500. The first kappa shape index (κ1) is 16.5. The van der Waals surface area contributed by atoms with Gasteiger partial charge in [0.05, 0.1) is 6.54 Å². The topological polar surface area (TPSA) is 50.2 Å². The van der Waals surface area contributed by atoms with Crippen molar-refractivity contribution in [2.75, 3.05) is 6.54 Å². The minimum absolute atomic E-state index is 0.0208. The van der Waals surface area contributed by atoms with Crippen molar-refractivity contribution in [2.24, 2.45) is 7.05 Å². The highest BCUT2D eigenvalue weighted by Crippen LogP contribution is 2.09. The van der Waals surface area contributed by atoms with Gasteiger partial charge in [0.15, 0.2) is 0 Å². The highest BCUT2D eigenvalue weighted by atomic mass is 32.1. The van der Waals surface area contributed by atoms with E-state index in [1.807, 2.05) is 29.6 Å². The number of nitrogens with one attached hydrogen (secondary N) is 1. The second-order valence-electron chi connectivity index (χ2n) is 5.56. The van der Waals surface area contributed by atoms with Gasteiger partial charge in [-0.15, -0.1) is 0 Å². The van der Waals surface area contributed by atoms with Crippen LogP contribution in [-0.4, -0.2) is 33.1 Å². The van der Waals surface area contributed by atoms with Crippen molar-refractivity contribution in [1.82, 2.24) is 19.8 Å².